The molecule has 6 nitrogen and oxygen atoms in total. The summed E-state index contributed by atoms with van der Waals surface area (Å²) in [4.78, 5) is 4.78. The van der Waals surface area contributed by atoms with Crippen LogP contribution in [0.4, 0.5) is 0 Å². The Bertz CT molecular complexity index is 166. The number of hydrogen-bond acceptors (Lipinski definition) is 6. The lowest BCUT2D eigenvalue weighted by molar-refractivity contribution is 0.100. The third kappa shape index (κ3) is 4.56. The summed E-state index contributed by atoms with van der Waals surface area (Å²) in [6.45, 7) is 1.24. The first-order valence-corrected chi connectivity index (χ1v) is 6.84. The summed E-state index contributed by atoms with van der Waals surface area (Å²) in [6.07, 6.45) is 0.938. The summed E-state index contributed by atoms with van der Waals surface area (Å²) in [7, 11) is 2.43. The van der Waals surface area contributed by atoms with Crippen LogP contribution in [0.5, 0.6) is 0 Å². The van der Waals surface area contributed by atoms with Crippen LogP contribution in [0.1, 0.15) is 6.42 Å². The second-order valence-corrected chi connectivity index (χ2v) is 6.29. The van der Waals surface area contributed by atoms with Crippen molar-refractivity contribution in [2.24, 2.45) is 0 Å². The SMILES string of the molecule is CO[Si](CCCOCC1NO1)(OC)OC. The van der Waals surface area contributed by atoms with Crippen LogP contribution in [-0.2, 0) is 22.9 Å². The molecule has 90 valence electrons. The zero-order valence-electron chi connectivity index (χ0n) is 9.45. The van der Waals surface area contributed by atoms with Crippen LogP contribution in [0, 0.1) is 0 Å². The van der Waals surface area contributed by atoms with Crippen molar-refractivity contribution in [1.29, 1.82) is 0 Å². The molecule has 1 rings (SSSR count). The molecule has 0 saturated carbocycles. The van der Waals surface area contributed by atoms with Crippen molar-refractivity contribution in [3.8, 4) is 0 Å². The molecule has 0 aliphatic carbocycles. The fourth-order valence-electron chi connectivity index (χ4n) is 1.25. The summed E-state index contributed by atoms with van der Waals surface area (Å²) < 4.78 is 21.2. The maximum Gasteiger partial charge on any atom is 0.500 e. The molecule has 1 aliphatic rings. The number of hydroxylamine groups is 1. The van der Waals surface area contributed by atoms with Gasteiger partial charge in [-0.05, 0) is 6.42 Å². The van der Waals surface area contributed by atoms with Crippen LogP contribution in [0.25, 0.3) is 0 Å². The Morgan fingerprint density at radius 1 is 1.20 bits per heavy atom. The second-order valence-electron chi connectivity index (χ2n) is 3.20. The van der Waals surface area contributed by atoms with Gasteiger partial charge in [0.25, 0.3) is 0 Å². The van der Waals surface area contributed by atoms with Gasteiger partial charge in [0.05, 0.1) is 6.61 Å². The monoisotopic (exact) mass is 237 g/mol. The fraction of sp³-hybridized carbons (Fsp3) is 1.00. The molecule has 1 saturated heterocycles. The normalized spacial score (nSPS) is 20.6. The minimum absolute atomic E-state index is 0.0827. The highest BCUT2D eigenvalue weighted by atomic mass is 28.4. The lowest BCUT2D eigenvalue weighted by Gasteiger charge is -2.24. The number of hydrogen-bond donors (Lipinski definition) is 1. The van der Waals surface area contributed by atoms with Crippen LogP contribution in [0.3, 0.4) is 0 Å². The van der Waals surface area contributed by atoms with Crippen LogP contribution in [0.2, 0.25) is 6.04 Å². The molecule has 1 unspecified atom stereocenters. The van der Waals surface area contributed by atoms with Crippen molar-refractivity contribution in [1.82, 2.24) is 5.48 Å². The van der Waals surface area contributed by atoms with Crippen LogP contribution in [0.15, 0.2) is 0 Å². The molecule has 0 spiro atoms. The first-order valence-electron chi connectivity index (χ1n) is 4.90. The van der Waals surface area contributed by atoms with Gasteiger partial charge in [0.1, 0.15) is 0 Å². The largest absolute Gasteiger partial charge is 0.500 e. The van der Waals surface area contributed by atoms with Gasteiger partial charge < -0.3 is 18.0 Å². The molecule has 0 radical (unpaired) electrons. The second kappa shape index (κ2) is 6.54. The van der Waals surface area contributed by atoms with E-state index in [9.17, 15) is 0 Å². The third-order valence-corrected chi connectivity index (χ3v) is 5.09. The van der Waals surface area contributed by atoms with E-state index in [1.165, 1.54) is 0 Å². The molecular weight excluding hydrogens is 218 g/mol. The van der Waals surface area contributed by atoms with Gasteiger partial charge in [0.15, 0.2) is 6.23 Å². The molecule has 0 amide bonds. The van der Waals surface area contributed by atoms with Gasteiger partial charge in [-0.15, -0.1) is 0 Å². The average molecular weight is 237 g/mol. The molecule has 1 aliphatic heterocycles. The molecular formula is C8H19NO5Si. The Balaban J connectivity index is 2.04. The zero-order valence-corrected chi connectivity index (χ0v) is 10.4. The smallest absolute Gasteiger partial charge is 0.377 e. The van der Waals surface area contributed by atoms with Gasteiger partial charge in [0, 0.05) is 34.0 Å². The predicted molar refractivity (Wildman–Crippen MR) is 55.0 cm³/mol. The van der Waals surface area contributed by atoms with E-state index in [4.69, 9.17) is 22.9 Å². The van der Waals surface area contributed by atoms with E-state index in [2.05, 4.69) is 5.48 Å². The number of ether oxygens (including phenoxy) is 1. The maximum absolute atomic E-state index is 5.35. The fourth-order valence-corrected chi connectivity index (χ4v) is 2.94. The van der Waals surface area contributed by atoms with Gasteiger partial charge in [-0.1, -0.05) is 0 Å². The highest BCUT2D eigenvalue weighted by molar-refractivity contribution is 6.60. The van der Waals surface area contributed by atoms with Crippen molar-refractivity contribution < 1.29 is 22.9 Å². The van der Waals surface area contributed by atoms with E-state index in [0.29, 0.717) is 13.2 Å². The van der Waals surface area contributed by atoms with Crippen LogP contribution < -0.4 is 5.48 Å². The molecule has 15 heavy (non-hydrogen) atoms. The van der Waals surface area contributed by atoms with Gasteiger partial charge in [-0.2, -0.15) is 5.48 Å². The molecule has 0 bridgehead atoms. The summed E-state index contributed by atoms with van der Waals surface area (Å²) in [5, 5.41) is 0. The zero-order chi connectivity index (χ0) is 11.1. The predicted octanol–water partition coefficient (Wildman–Crippen LogP) is 0.132. The summed E-state index contributed by atoms with van der Waals surface area (Å²) in [5.74, 6) is 0. The van der Waals surface area contributed by atoms with Crippen molar-refractivity contribution in [3.05, 3.63) is 0 Å². The van der Waals surface area contributed by atoms with Crippen molar-refractivity contribution in [3.63, 3.8) is 0 Å². The topological polar surface area (TPSA) is 71.4 Å². The van der Waals surface area contributed by atoms with E-state index < -0.39 is 8.80 Å². The first-order chi connectivity index (χ1) is 7.26. The van der Waals surface area contributed by atoms with Gasteiger partial charge in [0.2, 0.25) is 0 Å². The van der Waals surface area contributed by atoms with Crippen molar-refractivity contribution in [2.75, 3.05) is 34.5 Å². The van der Waals surface area contributed by atoms with Gasteiger partial charge >= 0.3 is 8.80 Å². The summed E-state index contributed by atoms with van der Waals surface area (Å²) >= 11 is 0. The van der Waals surface area contributed by atoms with Crippen LogP contribution >= 0.6 is 0 Å². The van der Waals surface area contributed by atoms with E-state index in [1.54, 1.807) is 21.3 Å². The molecule has 0 aromatic heterocycles. The Kier molecular flexibility index (Phi) is 5.68. The van der Waals surface area contributed by atoms with E-state index in [0.717, 1.165) is 12.5 Å². The van der Waals surface area contributed by atoms with E-state index >= 15 is 0 Å². The first kappa shape index (κ1) is 13.0. The Morgan fingerprint density at radius 3 is 2.27 bits per heavy atom. The lowest BCUT2D eigenvalue weighted by atomic mass is 10.5. The lowest BCUT2D eigenvalue weighted by Crippen LogP contribution is -2.42. The van der Waals surface area contributed by atoms with Crippen molar-refractivity contribution in [2.45, 2.75) is 18.7 Å². The number of nitrogens with one attached hydrogen (secondary N) is 1. The average Bonchev–Trinajstić information content (AvgIpc) is 3.08. The molecule has 1 N–H and O–H groups in total. The highest BCUT2D eigenvalue weighted by Gasteiger charge is 2.36. The van der Waals surface area contributed by atoms with Crippen LogP contribution in [-0.4, -0.2) is 49.6 Å². The number of rotatable bonds is 9. The maximum atomic E-state index is 5.35. The van der Waals surface area contributed by atoms with Crippen molar-refractivity contribution >= 4 is 8.80 Å². The van der Waals surface area contributed by atoms with E-state index in [1.807, 2.05) is 0 Å². The third-order valence-electron chi connectivity index (χ3n) is 2.26. The standard InChI is InChI=1S/C8H19NO5Si/c1-10-15(11-2,12-3)6-4-5-13-7-8-9-14-8/h8-9H,4-7H2,1-3H3. The quantitative estimate of drug-likeness (QED) is 0.349. The Hall–Kier alpha value is -0.0231. The summed E-state index contributed by atoms with van der Waals surface area (Å²) in [5.41, 5.74) is 2.68. The molecule has 1 fully saturated rings. The van der Waals surface area contributed by atoms with E-state index in [-0.39, 0.29) is 6.23 Å². The Morgan fingerprint density at radius 2 is 1.80 bits per heavy atom. The van der Waals surface area contributed by atoms with Gasteiger partial charge in [-0.3, -0.25) is 4.84 Å². The minimum Gasteiger partial charge on any atom is -0.377 e. The molecule has 0 aromatic carbocycles. The molecule has 7 heteroatoms. The molecule has 1 heterocycles. The molecule has 0 aromatic rings. The highest BCUT2D eigenvalue weighted by Crippen LogP contribution is 2.14. The van der Waals surface area contributed by atoms with Gasteiger partial charge in [-0.25, -0.2) is 0 Å². The summed E-state index contributed by atoms with van der Waals surface area (Å²) in [6, 6.07) is 0.759. The Labute approximate surface area is 91.1 Å². The molecule has 1 atom stereocenters. The minimum atomic E-state index is -2.41.